The third kappa shape index (κ3) is 3.21. The monoisotopic (exact) mass is 390 g/mol. The lowest BCUT2D eigenvalue weighted by atomic mass is 9.79. The molecule has 1 aliphatic carbocycles. The smallest absolute Gasteiger partial charge is 0.130 e. The Hall–Kier alpha value is -2.62. The zero-order chi connectivity index (χ0) is 18.9. The largest absolute Gasteiger partial charge is 0.378 e. The Morgan fingerprint density at radius 3 is 2.82 bits per heavy atom. The van der Waals surface area contributed by atoms with Crippen molar-refractivity contribution in [3.8, 4) is 6.07 Å². The SMILES string of the molecule is N#Cc1sc2cnc(Nc3cccc(N4CCOCC4)c3)cc2c1C1CCC1. The maximum atomic E-state index is 9.56. The second-order valence-electron chi connectivity index (χ2n) is 7.42. The molecule has 0 amide bonds. The van der Waals surface area contributed by atoms with Gasteiger partial charge in [0.25, 0.3) is 0 Å². The molecule has 6 heteroatoms. The molecule has 5 nitrogen and oxygen atoms in total. The third-order valence-corrected chi connectivity index (χ3v) is 6.78. The van der Waals surface area contributed by atoms with Crippen LogP contribution in [0.3, 0.4) is 0 Å². The summed E-state index contributed by atoms with van der Waals surface area (Å²) in [4.78, 5) is 7.79. The molecular weight excluding hydrogens is 368 g/mol. The molecule has 1 aliphatic heterocycles. The van der Waals surface area contributed by atoms with Gasteiger partial charge in [-0.25, -0.2) is 4.98 Å². The van der Waals surface area contributed by atoms with Gasteiger partial charge in [0.15, 0.2) is 0 Å². The molecule has 3 aromatic rings. The van der Waals surface area contributed by atoms with Crippen molar-refractivity contribution in [2.45, 2.75) is 25.2 Å². The standard InChI is InChI=1S/C22H22N4OS/c23-13-19-22(15-3-1-4-15)18-12-21(24-14-20(18)28-19)25-16-5-2-6-17(11-16)26-7-9-27-10-8-26/h2,5-6,11-12,14-15H,1,3-4,7-10H2,(H,24,25). The Labute approximate surface area is 168 Å². The average molecular weight is 391 g/mol. The van der Waals surface area contributed by atoms with Crippen molar-refractivity contribution in [3.05, 3.63) is 47.0 Å². The Bertz CT molecular complexity index is 1040. The molecule has 28 heavy (non-hydrogen) atoms. The molecule has 2 aliphatic rings. The number of nitriles is 1. The second kappa shape index (κ2) is 7.42. The van der Waals surface area contributed by atoms with E-state index in [4.69, 9.17) is 4.74 Å². The summed E-state index contributed by atoms with van der Waals surface area (Å²) in [6.07, 6.45) is 5.54. The van der Waals surface area contributed by atoms with Crippen LogP contribution in [0.15, 0.2) is 36.5 Å². The predicted octanol–water partition coefficient (Wildman–Crippen LogP) is 5.02. The number of rotatable bonds is 4. The van der Waals surface area contributed by atoms with Gasteiger partial charge in [-0.3, -0.25) is 0 Å². The summed E-state index contributed by atoms with van der Waals surface area (Å²) in [6, 6.07) is 13.0. The number of aromatic nitrogens is 1. The molecule has 3 heterocycles. The van der Waals surface area contributed by atoms with Crippen LogP contribution in [0.4, 0.5) is 17.2 Å². The number of anilines is 3. The summed E-state index contributed by atoms with van der Waals surface area (Å²) in [7, 11) is 0. The molecule has 0 atom stereocenters. The number of nitrogens with zero attached hydrogens (tertiary/aromatic N) is 3. The molecule has 2 fully saturated rings. The Kier molecular flexibility index (Phi) is 4.63. The lowest BCUT2D eigenvalue weighted by molar-refractivity contribution is 0.122. The van der Waals surface area contributed by atoms with Crippen molar-refractivity contribution in [1.29, 1.82) is 5.26 Å². The Morgan fingerprint density at radius 1 is 1.21 bits per heavy atom. The fraction of sp³-hybridized carbons (Fsp3) is 0.364. The van der Waals surface area contributed by atoms with Crippen LogP contribution in [0.25, 0.3) is 10.1 Å². The first kappa shape index (κ1) is 17.5. The number of morpholine rings is 1. The zero-order valence-electron chi connectivity index (χ0n) is 15.6. The molecular formula is C22H22N4OS. The van der Waals surface area contributed by atoms with Gasteiger partial charge in [-0.15, -0.1) is 11.3 Å². The van der Waals surface area contributed by atoms with Crippen LogP contribution in [0.5, 0.6) is 0 Å². The van der Waals surface area contributed by atoms with E-state index >= 15 is 0 Å². The Morgan fingerprint density at radius 2 is 2.07 bits per heavy atom. The van der Waals surface area contributed by atoms with Crippen LogP contribution in [-0.2, 0) is 4.74 Å². The first-order valence-electron chi connectivity index (χ1n) is 9.84. The quantitative estimate of drug-likeness (QED) is 0.678. The number of hydrogen-bond donors (Lipinski definition) is 1. The molecule has 0 radical (unpaired) electrons. The van der Waals surface area contributed by atoms with Crippen LogP contribution in [0, 0.1) is 11.3 Å². The molecule has 0 unspecified atom stereocenters. The van der Waals surface area contributed by atoms with Crippen molar-refractivity contribution >= 4 is 38.6 Å². The van der Waals surface area contributed by atoms with Gasteiger partial charge < -0.3 is 15.0 Å². The van der Waals surface area contributed by atoms with Gasteiger partial charge in [0.05, 0.1) is 17.9 Å². The second-order valence-corrected chi connectivity index (χ2v) is 8.48. The van der Waals surface area contributed by atoms with Gasteiger partial charge in [0.2, 0.25) is 0 Å². The number of ether oxygens (including phenoxy) is 1. The molecule has 1 N–H and O–H groups in total. The predicted molar refractivity (Wildman–Crippen MR) is 114 cm³/mol. The fourth-order valence-corrected chi connectivity index (χ4v) is 5.06. The van der Waals surface area contributed by atoms with Crippen LogP contribution in [-0.4, -0.2) is 31.3 Å². The summed E-state index contributed by atoms with van der Waals surface area (Å²) < 4.78 is 6.56. The van der Waals surface area contributed by atoms with E-state index in [1.807, 2.05) is 6.20 Å². The first-order valence-corrected chi connectivity index (χ1v) is 10.7. The van der Waals surface area contributed by atoms with Crippen LogP contribution in [0.2, 0.25) is 0 Å². The number of fused-ring (bicyclic) bond motifs is 1. The Balaban J connectivity index is 1.44. The minimum Gasteiger partial charge on any atom is -0.378 e. The van der Waals surface area contributed by atoms with E-state index in [0.29, 0.717) is 5.92 Å². The summed E-state index contributed by atoms with van der Waals surface area (Å²) in [6.45, 7) is 3.40. The van der Waals surface area contributed by atoms with E-state index in [1.54, 1.807) is 11.3 Å². The molecule has 1 saturated carbocycles. The van der Waals surface area contributed by atoms with E-state index in [1.165, 1.54) is 35.9 Å². The highest BCUT2D eigenvalue weighted by Crippen LogP contribution is 2.45. The number of nitrogens with one attached hydrogen (secondary N) is 1. The summed E-state index contributed by atoms with van der Waals surface area (Å²) in [5.74, 6) is 1.36. The van der Waals surface area contributed by atoms with Crippen LogP contribution >= 0.6 is 11.3 Å². The molecule has 0 spiro atoms. The van der Waals surface area contributed by atoms with Crippen LogP contribution in [0.1, 0.15) is 35.6 Å². The first-order chi connectivity index (χ1) is 13.8. The van der Waals surface area contributed by atoms with E-state index in [0.717, 1.165) is 47.4 Å². The van der Waals surface area contributed by atoms with Gasteiger partial charge >= 0.3 is 0 Å². The number of benzene rings is 1. The van der Waals surface area contributed by atoms with E-state index in [-0.39, 0.29) is 0 Å². The maximum Gasteiger partial charge on any atom is 0.130 e. The zero-order valence-corrected chi connectivity index (χ0v) is 16.5. The fourth-order valence-electron chi connectivity index (χ4n) is 4.03. The molecule has 2 aromatic heterocycles. The molecule has 142 valence electrons. The van der Waals surface area contributed by atoms with Gasteiger partial charge in [-0.05, 0) is 48.6 Å². The number of thiophene rings is 1. The van der Waals surface area contributed by atoms with Gasteiger partial charge in [0.1, 0.15) is 16.8 Å². The minimum atomic E-state index is 0.531. The highest BCUT2D eigenvalue weighted by atomic mass is 32.1. The summed E-state index contributed by atoms with van der Waals surface area (Å²) in [5, 5.41) is 14.2. The molecule has 5 rings (SSSR count). The van der Waals surface area contributed by atoms with Crippen molar-refractivity contribution in [1.82, 2.24) is 4.98 Å². The highest BCUT2D eigenvalue weighted by Gasteiger charge is 2.26. The third-order valence-electron chi connectivity index (χ3n) is 5.72. The highest BCUT2D eigenvalue weighted by molar-refractivity contribution is 7.19. The number of hydrogen-bond acceptors (Lipinski definition) is 6. The maximum absolute atomic E-state index is 9.56. The lowest BCUT2D eigenvalue weighted by Crippen LogP contribution is -2.36. The van der Waals surface area contributed by atoms with Crippen molar-refractivity contribution in [3.63, 3.8) is 0 Å². The molecule has 0 bridgehead atoms. The van der Waals surface area contributed by atoms with E-state index in [9.17, 15) is 5.26 Å². The van der Waals surface area contributed by atoms with Crippen molar-refractivity contribution in [2.24, 2.45) is 0 Å². The summed E-state index contributed by atoms with van der Waals surface area (Å²) >= 11 is 1.57. The van der Waals surface area contributed by atoms with Crippen molar-refractivity contribution < 1.29 is 4.74 Å². The van der Waals surface area contributed by atoms with Gasteiger partial charge in [-0.2, -0.15) is 5.26 Å². The number of pyridine rings is 1. The minimum absolute atomic E-state index is 0.531. The summed E-state index contributed by atoms with van der Waals surface area (Å²) in [5.41, 5.74) is 3.46. The molecule has 1 aromatic carbocycles. The van der Waals surface area contributed by atoms with Crippen molar-refractivity contribution in [2.75, 3.05) is 36.5 Å². The van der Waals surface area contributed by atoms with Gasteiger partial charge in [0, 0.05) is 36.0 Å². The average Bonchev–Trinajstić information content (AvgIpc) is 3.05. The lowest BCUT2D eigenvalue weighted by Gasteiger charge is -2.29. The van der Waals surface area contributed by atoms with E-state index in [2.05, 4.69) is 51.6 Å². The van der Waals surface area contributed by atoms with Gasteiger partial charge in [-0.1, -0.05) is 12.5 Å². The molecule has 1 saturated heterocycles. The topological polar surface area (TPSA) is 61.2 Å². The van der Waals surface area contributed by atoms with Crippen LogP contribution < -0.4 is 10.2 Å². The van der Waals surface area contributed by atoms with E-state index < -0.39 is 0 Å². The normalized spacial score (nSPS) is 17.3.